The van der Waals surface area contributed by atoms with Crippen LogP contribution in [0.5, 0.6) is 0 Å². The van der Waals surface area contributed by atoms with Crippen LogP contribution in [0, 0.1) is 0 Å². The highest BCUT2D eigenvalue weighted by Crippen LogP contribution is 2.31. The van der Waals surface area contributed by atoms with E-state index in [9.17, 15) is 9.90 Å². The molecule has 0 amide bonds. The molecule has 0 atom stereocenters. The molecule has 188 valence electrons. The van der Waals surface area contributed by atoms with E-state index in [1.165, 1.54) is 0 Å². The van der Waals surface area contributed by atoms with Crippen molar-refractivity contribution in [3.63, 3.8) is 0 Å². The van der Waals surface area contributed by atoms with E-state index in [0.29, 0.717) is 24.4 Å². The fourth-order valence-electron chi connectivity index (χ4n) is 4.25. The van der Waals surface area contributed by atoms with Gasteiger partial charge in [0.1, 0.15) is 22.8 Å². The maximum absolute atomic E-state index is 13.1. The van der Waals surface area contributed by atoms with Gasteiger partial charge in [0, 0.05) is 18.5 Å². The first-order valence-corrected chi connectivity index (χ1v) is 12.3. The minimum atomic E-state index is -1.28. The van der Waals surface area contributed by atoms with Gasteiger partial charge in [-0.05, 0) is 50.8 Å². The Kier molecular flexibility index (Phi) is 7.35. The van der Waals surface area contributed by atoms with E-state index in [4.69, 9.17) is 9.72 Å². The number of aromatic amines is 1. The van der Waals surface area contributed by atoms with Crippen molar-refractivity contribution in [2.45, 2.75) is 65.7 Å². The minimum absolute atomic E-state index is 0.283. The van der Waals surface area contributed by atoms with E-state index >= 15 is 0 Å². The van der Waals surface area contributed by atoms with Gasteiger partial charge >= 0.3 is 5.97 Å². The lowest BCUT2D eigenvalue weighted by molar-refractivity contribution is 0.0334. The lowest BCUT2D eigenvalue weighted by Gasteiger charge is -2.18. The zero-order valence-electron chi connectivity index (χ0n) is 21.4. The Morgan fingerprint density at radius 2 is 1.81 bits per heavy atom. The van der Waals surface area contributed by atoms with Crippen LogP contribution in [0.25, 0.3) is 22.4 Å². The first-order chi connectivity index (χ1) is 17.2. The Labute approximate surface area is 211 Å². The first-order valence-electron chi connectivity index (χ1n) is 12.3. The van der Waals surface area contributed by atoms with Gasteiger partial charge in [-0.25, -0.2) is 9.78 Å². The van der Waals surface area contributed by atoms with Crippen molar-refractivity contribution in [1.82, 2.24) is 25.0 Å². The van der Waals surface area contributed by atoms with E-state index in [0.717, 1.165) is 40.2 Å². The second-order valence-corrected chi connectivity index (χ2v) is 9.67. The van der Waals surface area contributed by atoms with Crippen LogP contribution < -0.4 is 0 Å². The molecule has 2 heterocycles. The Balaban J connectivity index is 1.72. The number of aliphatic hydroxyl groups is 1. The third-order valence-electron chi connectivity index (χ3n) is 5.86. The van der Waals surface area contributed by atoms with Gasteiger partial charge in [0.25, 0.3) is 0 Å². The monoisotopic (exact) mass is 487 g/mol. The summed E-state index contributed by atoms with van der Waals surface area (Å²) in [4.78, 5) is 17.8. The number of rotatable bonds is 9. The van der Waals surface area contributed by atoms with Crippen LogP contribution in [0.3, 0.4) is 0 Å². The van der Waals surface area contributed by atoms with Crippen LogP contribution in [0.1, 0.15) is 68.6 Å². The van der Waals surface area contributed by atoms with Crippen molar-refractivity contribution in [3.05, 3.63) is 77.5 Å². The lowest BCUT2D eigenvalue weighted by atomic mass is 9.97. The summed E-state index contributed by atoms with van der Waals surface area (Å²) in [6, 6.07) is 16.3. The number of H-pyrrole nitrogens is 1. The number of hydrogen-bond donors (Lipinski definition) is 2. The van der Waals surface area contributed by atoms with Gasteiger partial charge in [0.2, 0.25) is 0 Å². The summed E-state index contributed by atoms with van der Waals surface area (Å²) >= 11 is 0. The minimum Gasteiger partial charge on any atom is -0.458 e. The van der Waals surface area contributed by atoms with Crippen molar-refractivity contribution < 1.29 is 14.6 Å². The number of aryl methyl sites for hydroxylation is 1. The fourth-order valence-corrected chi connectivity index (χ4v) is 4.25. The maximum Gasteiger partial charge on any atom is 0.357 e. The number of hydrogen-bond acceptors (Lipinski definition) is 6. The van der Waals surface area contributed by atoms with Crippen LogP contribution in [-0.2, 0) is 23.3 Å². The molecule has 0 spiro atoms. The number of nitrogens with zero attached hydrogens (tertiary/aromatic N) is 4. The van der Waals surface area contributed by atoms with Crippen LogP contribution in [-0.4, -0.2) is 42.1 Å². The predicted octanol–water partition coefficient (Wildman–Crippen LogP) is 5.13. The summed E-state index contributed by atoms with van der Waals surface area (Å²) in [5.41, 5.74) is 4.25. The molecule has 0 saturated heterocycles. The highest BCUT2D eigenvalue weighted by molar-refractivity contribution is 5.89. The normalized spacial score (nSPS) is 11.8. The average molecular weight is 488 g/mol. The van der Waals surface area contributed by atoms with E-state index < -0.39 is 11.6 Å². The smallest absolute Gasteiger partial charge is 0.357 e. The third kappa shape index (κ3) is 5.39. The predicted molar refractivity (Wildman–Crippen MR) is 138 cm³/mol. The summed E-state index contributed by atoms with van der Waals surface area (Å²) in [6.07, 6.45) is 2.97. The van der Waals surface area contributed by atoms with Gasteiger partial charge in [0.05, 0.1) is 12.3 Å². The standard InChI is InChI=1S/C28H33N5O3/c1-6-9-24-30-26(28(4,5)35)25(27(34)36-18(2)3)33(24)17-19-12-14-20(15-13-19)21-10-7-8-11-22(21)23-16-29-32-31-23/h7-8,10-16,18,35H,6,9,17H2,1-5H3,(H,29,31,32). The molecule has 0 aliphatic carbocycles. The number of carbonyl (C=O) groups is 1. The maximum atomic E-state index is 13.1. The molecule has 0 aliphatic heterocycles. The Bertz CT molecular complexity index is 1320. The molecule has 2 aromatic heterocycles. The number of aromatic nitrogens is 5. The molecule has 2 N–H and O–H groups in total. The molecule has 0 aliphatic rings. The molecule has 0 bridgehead atoms. The van der Waals surface area contributed by atoms with Gasteiger partial charge < -0.3 is 14.4 Å². The van der Waals surface area contributed by atoms with Crippen molar-refractivity contribution in [2.75, 3.05) is 0 Å². The van der Waals surface area contributed by atoms with Gasteiger partial charge in [-0.2, -0.15) is 15.4 Å². The molecule has 8 heteroatoms. The molecule has 0 radical (unpaired) electrons. The van der Waals surface area contributed by atoms with E-state index in [2.05, 4.69) is 40.5 Å². The van der Waals surface area contributed by atoms with Crippen molar-refractivity contribution in [1.29, 1.82) is 0 Å². The number of nitrogens with one attached hydrogen (secondary N) is 1. The highest BCUT2D eigenvalue weighted by Gasteiger charge is 2.32. The highest BCUT2D eigenvalue weighted by atomic mass is 16.5. The molecular formula is C28H33N5O3. The van der Waals surface area contributed by atoms with Crippen LogP contribution in [0.4, 0.5) is 0 Å². The van der Waals surface area contributed by atoms with E-state index in [-0.39, 0.29) is 6.10 Å². The quantitative estimate of drug-likeness (QED) is 0.317. The fraction of sp³-hybridized carbons (Fsp3) is 0.357. The number of imidazole rings is 1. The Hall–Kier alpha value is -3.78. The number of esters is 1. The molecule has 4 aromatic rings. The first kappa shape index (κ1) is 25.3. The number of ether oxygens (including phenoxy) is 1. The van der Waals surface area contributed by atoms with Crippen molar-refractivity contribution in [3.8, 4) is 22.4 Å². The van der Waals surface area contributed by atoms with Crippen LogP contribution in [0.2, 0.25) is 0 Å². The molecule has 0 unspecified atom stereocenters. The molecule has 2 aromatic carbocycles. The van der Waals surface area contributed by atoms with Crippen LogP contribution in [0.15, 0.2) is 54.7 Å². The Morgan fingerprint density at radius 1 is 1.11 bits per heavy atom. The van der Waals surface area contributed by atoms with Crippen LogP contribution >= 0.6 is 0 Å². The molecule has 0 fully saturated rings. The van der Waals surface area contributed by atoms with Gasteiger partial charge in [-0.1, -0.05) is 55.5 Å². The summed E-state index contributed by atoms with van der Waals surface area (Å²) < 4.78 is 7.43. The summed E-state index contributed by atoms with van der Waals surface area (Å²) in [7, 11) is 0. The summed E-state index contributed by atoms with van der Waals surface area (Å²) in [5.74, 6) is 0.279. The van der Waals surface area contributed by atoms with E-state index in [1.54, 1.807) is 20.0 Å². The van der Waals surface area contributed by atoms with E-state index in [1.807, 2.05) is 48.7 Å². The average Bonchev–Trinajstić information content (AvgIpc) is 3.48. The zero-order valence-corrected chi connectivity index (χ0v) is 21.4. The number of benzene rings is 2. The molecule has 36 heavy (non-hydrogen) atoms. The lowest BCUT2D eigenvalue weighted by Crippen LogP contribution is -2.24. The topological polar surface area (TPSA) is 106 Å². The largest absolute Gasteiger partial charge is 0.458 e. The zero-order chi connectivity index (χ0) is 25.9. The van der Waals surface area contributed by atoms with Gasteiger partial charge in [-0.15, -0.1) is 0 Å². The van der Waals surface area contributed by atoms with Gasteiger partial charge in [-0.3, -0.25) is 0 Å². The third-order valence-corrected chi connectivity index (χ3v) is 5.86. The summed E-state index contributed by atoms with van der Waals surface area (Å²) in [5, 5.41) is 21.6. The van der Waals surface area contributed by atoms with Gasteiger partial charge in [0.15, 0.2) is 5.69 Å². The SMILES string of the molecule is CCCc1nc(C(C)(C)O)c(C(=O)OC(C)C)n1Cc1ccc(-c2ccccc2-c2cn[nH]n2)cc1. The molecule has 8 nitrogen and oxygen atoms in total. The van der Waals surface area contributed by atoms with Crippen molar-refractivity contribution in [2.24, 2.45) is 0 Å². The second kappa shape index (κ2) is 10.5. The molecule has 0 saturated carbocycles. The number of carbonyl (C=O) groups excluding carboxylic acids is 1. The second-order valence-electron chi connectivity index (χ2n) is 9.67. The Morgan fingerprint density at radius 3 is 2.39 bits per heavy atom. The summed E-state index contributed by atoms with van der Waals surface area (Å²) in [6.45, 7) is 9.41. The molecule has 4 rings (SSSR count). The van der Waals surface area contributed by atoms with Crippen molar-refractivity contribution >= 4 is 5.97 Å². The molecular weight excluding hydrogens is 454 g/mol.